The van der Waals surface area contributed by atoms with Gasteiger partial charge in [-0.2, -0.15) is 0 Å². The highest BCUT2D eigenvalue weighted by molar-refractivity contribution is 6.47. The van der Waals surface area contributed by atoms with Crippen LogP contribution in [0, 0.1) is 5.92 Å². The van der Waals surface area contributed by atoms with Gasteiger partial charge in [-0.15, -0.1) is 0 Å². The Morgan fingerprint density at radius 1 is 0.898 bits per heavy atom. The van der Waals surface area contributed by atoms with Crippen LogP contribution in [0.4, 0.5) is 0 Å². The van der Waals surface area contributed by atoms with Crippen molar-refractivity contribution in [3.05, 3.63) is 93.5 Å². The molecule has 2 amide bonds. The maximum Gasteiger partial charge on any atom is 0.308 e. The molecule has 0 radical (unpaired) electrons. The van der Waals surface area contributed by atoms with E-state index in [0.717, 1.165) is 67.2 Å². The predicted molar refractivity (Wildman–Crippen MR) is 197 cm³/mol. The minimum Gasteiger partial charge on any atom is -0.460 e. The van der Waals surface area contributed by atoms with Crippen molar-refractivity contribution in [2.24, 2.45) is 10.9 Å². The Morgan fingerprint density at radius 3 is 2.18 bits per heavy atom. The first-order chi connectivity index (χ1) is 23.2. The Labute approximate surface area is 300 Å². The van der Waals surface area contributed by atoms with Crippen molar-refractivity contribution in [2.75, 3.05) is 6.54 Å². The molecule has 0 unspecified atom stereocenters. The highest BCUT2D eigenvalue weighted by atomic mass is 35.5. The molecule has 2 aliphatic rings. The number of amides is 2. The van der Waals surface area contributed by atoms with E-state index in [-0.39, 0.29) is 36.8 Å². The second-order valence-electron chi connectivity index (χ2n) is 14.6. The fourth-order valence-electron chi connectivity index (χ4n) is 6.84. The van der Waals surface area contributed by atoms with Gasteiger partial charge >= 0.3 is 5.97 Å². The van der Waals surface area contributed by atoms with Crippen molar-refractivity contribution in [1.29, 1.82) is 0 Å². The Bertz CT molecular complexity index is 1680. The number of nitrogens with one attached hydrogen (secondary N) is 1. The molecule has 0 saturated heterocycles. The lowest BCUT2D eigenvalue weighted by molar-refractivity contribution is -0.154. The summed E-state index contributed by atoms with van der Waals surface area (Å²) in [5.41, 5.74) is 3.30. The molecule has 0 aromatic heterocycles. The van der Waals surface area contributed by atoms with Gasteiger partial charge in [0.05, 0.1) is 12.5 Å². The minimum atomic E-state index is -0.626. The van der Waals surface area contributed by atoms with Crippen LogP contribution in [0.3, 0.4) is 0 Å². The maximum absolute atomic E-state index is 14.7. The summed E-state index contributed by atoms with van der Waals surface area (Å²) in [6.45, 7) is 10.0. The molecule has 1 atom stereocenters. The number of rotatable bonds is 11. The molecule has 1 spiro atoms. The van der Waals surface area contributed by atoms with Crippen LogP contribution in [0.15, 0.2) is 71.7 Å². The normalized spacial score (nSPS) is 16.5. The van der Waals surface area contributed by atoms with E-state index in [1.165, 1.54) is 0 Å². The van der Waals surface area contributed by atoms with Gasteiger partial charge in [0.2, 0.25) is 0 Å². The molecule has 5 rings (SSSR count). The molecule has 1 heterocycles. The number of esters is 1. The van der Waals surface area contributed by atoms with E-state index in [0.29, 0.717) is 27.2 Å². The summed E-state index contributed by atoms with van der Waals surface area (Å²) in [6.07, 6.45) is 6.53. The summed E-state index contributed by atoms with van der Waals surface area (Å²) in [7, 11) is 0. The largest absolute Gasteiger partial charge is 0.460 e. The molecule has 1 fully saturated rings. The Morgan fingerprint density at radius 2 is 1.55 bits per heavy atom. The van der Waals surface area contributed by atoms with Crippen LogP contribution in [-0.2, 0) is 14.3 Å². The van der Waals surface area contributed by atoms with E-state index in [1.807, 2.05) is 69.3 Å². The number of nitrogens with zero attached hydrogens (tertiary/aromatic N) is 2. The van der Waals surface area contributed by atoms with Crippen LogP contribution in [-0.4, -0.2) is 46.2 Å². The third kappa shape index (κ3) is 9.11. The van der Waals surface area contributed by atoms with Gasteiger partial charge in [0.1, 0.15) is 17.0 Å². The molecule has 1 aliphatic carbocycles. The molecule has 1 N–H and O–H groups in total. The quantitative estimate of drug-likeness (QED) is 0.202. The van der Waals surface area contributed by atoms with E-state index in [1.54, 1.807) is 18.2 Å². The fraction of sp³-hybridized carbons (Fsp3) is 0.450. The van der Waals surface area contributed by atoms with Gasteiger partial charge in [0.15, 0.2) is 0 Å². The highest BCUT2D eigenvalue weighted by Crippen LogP contribution is 2.46. The van der Waals surface area contributed by atoms with E-state index in [2.05, 4.69) is 24.1 Å². The maximum atomic E-state index is 14.7. The van der Waals surface area contributed by atoms with Crippen molar-refractivity contribution in [3.8, 4) is 11.1 Å². The van der Waals surface area contributed by atoms with Crippen molar-refractivity contribution in [2.45, 2.75) is 103 Å². The van der Waals surface area contributed by atoms with Crippen molar-refractivity contribution in [1.82, 2.24) is 10.2 Å². The summed E-state index contributed by atoms with van der Waals surface area (Å²) >= 11 is 12.6. The highest BCUT2D eigenvalue weighted by Gasteiger charge is 2.50. The third-order valence-corrected chi connectivity index (χ3v) is 9.53. The molecule has 9 heteroatoms. The number of carbonyl (C=O) groups excluding carboxylic acids is 3. The number of benzene rings is 3. The van der Waals surface area contributed by atoms with E-state index in [9.17, 15) is 14.4 Å². The average Bonchev–Trinajstić information content (AvgIpc) is 3.31. The van der Waals surface area contributed by atoms with Crippen molar-refractivity contribution < 1.29 is 19.1 Å². The molecule has 260 valence electrons. The number of carbonyl (C=O) groups is 3. The first-order valence-corrected chi connectivity index (χ1v) is 18.1. The summed E-state index contributed by atoms with van der Waals surface area (Å²) in [4.78, 5) is 47.1. The molecular formula is C40H47Cl2N3O4. The smallest absolute Gasteiger partial charge is 0.308 e. The lowest BCUT2D eigenvalue weighted by Crippen LogP contribution is -2.50. The minimum absolute atomic E-state index is 0.0686. The average molecular weight is 705 g/mol. The molecule has 1 saturated carbocycles. The summed E-state index contributed by atoms with van der Waals surface area (Å²) in [6, 6.07) is 20.6. The van der Waals surface area contributed by atoms with Crippen molar-refractivity contribution in [3.63, 3.8) is 0 Å². The van der Waals surface area contributed by atoms with Crippen LogP contribution in [0.5, 0.6) is 0 Å². The predicted octanol–water partition coefficient (Wildman–Crippen LogP) is 9.59. The van der Waals surface area contributed by atoms with Crippen molar-refractivity contribution >= 4 is 46.7 Å². The summed E-state index contributed by atoms with van der Waals surface area (Å²) < 4.78 is 5.34. The van der Waals surface area contributed by atoms with Crippen LogP contribution < -0.4 is 5.32 Å². The molecule has 3 aromatic carbocycles. The zero-order chi connectivity index (χ0) is 35.3. The van der Waals surface area contributed by atoms with Gasteiger partial charge in [0, 0.05) is 27.7 Å². The van der Waals surface area contributed by atoms with Gasteiger partial charge < -0.3 is 15.0 Å². The first kappa shape index (κ1) is 36.6. The first-order valence-electron chi connectivity index (χ1n) is 17.4. The number of hydrogen-bond acceptors (Lipinski definition) is 5. The lowest BCUT2D eigenvalue weighted by Gasteiger charge is -2.44. The summed E-state index contributed by atoms with van der Waals surface area (Å²) in [5.74, 6) is -0.244. The molecule has 1 aliphatic heterocycles. The molecule has 7 nitrogen and oxygen atoms in total. The van der Waals surface area contributed by atoms with Gasteiger partial charge in [0.25, 0.3) is 11.8 Å². The molecule has 3 aromatic rings. The Kier molecular flexibility index (Phi) is 11.6. The lowest BCUT2D eigenvalue weighted by atomic mass is 9.85. The van der Waals surface area contributed by atoms with Crippen LogP contribution in [0.2, 0.25) is 10.0 Å². The monoisotopic (exact) mass is 703 g/mol. The number of hydrogen-bond donors (Lipinski definition) is 1. The topological polar surface area (TPSA) is 88.1 Å². The fourth-order valence-corrected chi connectivity index (χ4v) is 7.36. The van der Waals surface area contributed by atoms with Crippen LogP contribution in [0.1, 0.15) is 114 Å². The van der Waals surface area contributed by atoms with Crippen LogP contribution >= 0.6 is 23.2 Å². The van der Waals surface area contributed by atoms with E-state index >= 15 is 0 Å². The molecule has 49 heavy (non-hydrogen) atoms. The molecule has 0 bridgehead atoms. The number of halogens is 2. The van der Waals surface area contributed by atoms with Crippen LogP contribution in [0.25, 0.3) is 11.1 Å². The van der Waals surface area contributed by atoms with Gasteiger partial charge in [-0.3, -0.25) is 19.4 Å². The third-order valence-electron chi connectivity index (χ3n) is 9.10. The summed E-state index contributed by atoms with van der Waals surface area (Å²) in [5, 5.41) is 3.92. The SMILES string of the molecule is CC(C)CC[C@H](c1ccc(C(=O)NCCC(=O)OC(C)(C)C)cc1)N1C(=O)C(c2cccc(-c3cc(Cl)cc(Cl)c3)c2)=NC12CCCCC2. The zero-order valence-corrected chi connectivity index (χ0v) is 30.7. The second kappa shape index (κ2) is 15.5. The van der Waals surface area contributed by atoms with Gasteiger partial charge in [-0.1, -0.05) is 73.8 Å². The van der Waals surface area contributed by atoms with Gasteiger partial charge in [-0.05, 0) is 118 Å². The van der Waals surface area contributed by atoms with E-state index in [4.69, 9.17) is 32.9 Å². The van der Waals surface area contributed by atoms with E-state index < -0.39 is 11.3 Å². The number of ether oxygens (including phenoxy) is 1. The Balaban J connectivity index is 1.42. The standard InChI is InChI=1S/C40H47Cl2N3O4/c1-26(2)12-17-34(27-13-15-28(16-14-27)37(47)43-21-18-35(46)49-39(3,4)5)45-38(48)36(44-40(45)19-7-6-8-20-40)30-11-9-10-29(22-30)31-23-32(41)25-33(42)24-31/h9-11,13-16,22-26,34H,6-8,12,17-21H2,1-5H3,(H,43,47)/t34-/m1/s1. The Hall–Kier alpha value is -3.68. The number of aliphatic imine (C=N–C) groups is 1. The second-order valence-corrected chi connectivity index (χ2v) is 15.5. The van der Waals surface area contributed by atoms with Gasteiger partial charge in [-0.25, -0.2) is 0 Å². The zero-order valence-electron chi connectivity index (χ0n) is 29.2. The molecular weight excluding hydrogens is 657 g/mol.